The molecule has 0 aromatic carbocycles. The number of hydrogen-bond donors (Lipinski definition) is 0. The summed E-state index contributed by atoms with van der Waals surface area (Å²) in [6, 6.07) is 0. The van der Waals surface area contributed by atoms with E-state index in [1.165, 1.54) is 12.8 Å². The largest absolute Gasteiger partial charge is 0.0749 e. The van der Waals surface area contributed by atoms with Gasteiger partial charge in [-0.1, -0.05) is 88.6 Å². The molecule has 0 spiro atoms. The van der Waals surface area contributed by atoms with Crippen molar-refractivity contribution < 1.29 is 0 Å². The third-order valence-electron chi connectivity index (χ3n) is 6.59. The Bertz CT molecular complexity index is 354. The summed E-state index contributed by atoms with van der Waals surface area (Å²) in [7, 11) is 20.4. The fourth-order valence-corrected chi connectivity index (χ4v) is 4.52. The van der Waals surface area contributed by atoms with Gasteiger partial charge in [0.2, 0.25) is 0 Å². The van der Waals surface area contributed by atoms with Crippen molar-refractivity contribution in [2.75, 3.05) is 0 Å². The molecule has 2 rings (SSSR count). The van der Waals surface area contributed by atoms with Crippen LogP contribution in [0, 0.1) is 17.8 Å². The molecule has 6 radical (unpaired) electrons. The maximum absolute atomic E-state index is 6.94. The standard InChI is InChI=1S/C17H29B3/c1-12(2)14-6-5-7-16(19)9-8-15(18,13(3)4)11-17(16,20)10-14/h12-14H,5-11H2,1-4H3. The Balaban J connectivity index is 2.29. The van der Waals surface area contributed by atoms with Crippen molar-refractivity contribution in [3.8, 4) is 0 Å². The average molecular weight is 266 g/mol. The van der Waals surface area contributed by atoms with E-state index in [2.05, 4.69) is 27.7 Å². The maximum atomic E-state index is 6.94. The lowest BCUT2D eigenvalue weighted by Crippen LogP contribution is -2.42. The van der Waals surface area contributed by atoms with Crippen molar-refractivity contribution in [3.63, 3.8) is 0 Å². The predicted octanol–water partition coefficient (Wildman–Crippen LogP) is 4.65. The van der Waals surface area contributed by atoms with Crippen LogP contribution in [-0.2, 0) is 0 Å². The quantitative estimate of drug-likeness (QED) is 0.638. The maximum Gasteiger partial charge on any atom is 0.0749 e. The smallest absolute Gasteiger partial charge is 0.0682 e. The normalized spacial score (nSPS) is 46.2. The fourth-order valence-electron chi connectivity index (χ4n) is 4.52. The van der Waals surface area contributed by atoms with Gasteiger partial charge in [0.15, 0.2) is 0 Å². The zero-order valence-corrected chi connectivity index (χ0v) is 13.9. The van der Waals surface area contributed by atoms with Crippen molar-refractivity contribution >= 4 is 23.5 Å². The molecule has 0 bridgehead atoms. The van der Waals surface area contributed by atoms with Crippen molar-refractivity contribution in [2.45, 2.75) is 88.6 Å². The van der Waals surface area contributed by atoms with E-state index in [-0.39, 0.29) is 15.9 Å². The fraction of sp³-hybridized carbons (Fsp3) is 1.00. The molecule has 3 heteroatoms. The molecule has 106 valence electrons. The Labute approximate surface area is 130 Å². The van der Waals surface area contributed by atoms with Crippen LogP contribution in [0.5, 0.6) is 0 Å². The van der Waals surface area contributed by atoms with E-state index in [0.29, 0.717) is 17.8 Å². The summed E-state index contributed by atoms with van der Waals surface area (Å²) < 4.78 is 0. The highest BCUT2D eigenvalue weighted by atomic mass is 14.5. The van der Waals surface area contributed by atoms with Crippen molar-refractivity contribution in [3.05, 3.63) is 0 Å². The first-order valence-electron chi connectivity index (χ1n) is 8.49. The lowest BCUT2D eigenvalue weighted by molar-refractivity contribution is 0.163. The minimum Gasteiger partial charge on any atom is -0.0682 e. The minimum absolute atomic E-state index is 0.135. The van der Waals surface area contributed by atoms with Crippen LogP contribution >= 0.6 is 0 Å². The Hall–Kier alpha value is 0.195. The molecule has 2 fully saturated rings. The van der Waals surface area contributed by atoms with Gasteiger partial charge in [0.05, 0.1) is 23.5 Å². The molecular weight excluding hydrogens is 237 g/mol. The SMILES string of the molecule is [B]C1(C(C)C)CCC2([B])CCCC(C(C)C)CC2([B])C1. The Morgan fingerprint density at radius 1 is 0.900 bits per heavy atom. The van der Waals surface area contributed by atoms with Crippen molar-refractivity contribution in [1.82, 2.24) is 0 Å². The molecule has 0 aromatic heterocycles. The number of fused-ring (bicyclic) bond motifs is 1. The first kappa shape index (κ1) is 16.6. The zero-order chi connectivity index (χ0) is 15.2. The molecule has 2 aliphatic rings. The first-order valence-corrected chi connectivity index (χ1v) is 8.49. The van der Waals surface area contributed by atoms with Gasteiger partial charge in [-0.15, -0.1) is 0 Å². The highest BCUT2D eigenvalue weighted by Gasteiger charge is 2.52. The summed E-state index contributed by atoms with van der Waals surface area (Å²) in [5.41, 5.74) is 0. The van der Waals surface area contributed by atoms with Crippen LogP contribution in [0.1, 0.15) is 72.6 Å². The van der Waals surface area contributed by atoms with Gasteiger partial charge in [0.25, 0.3) is 0 Å². The summed E-state index contributed by atoms with van der Waals surface area (Å²) in [6.45, 7) is 9.09. The number of rotatable bonds is 2. The Kier molecular flexibility index (Phi) is 4.50. The third-order valence-corrected chi connectivity index (χ3v) is 6.59. The molecule has 2 saturated carbocycles. The summed E-state index contributed by atoms with van der Waals surface area (Å²) in [5, 5.41) is -0.617. The molecule has 0 aliphatic heterocycles. The second kappa shape index (κ2) is 5.43. The Morgan fingerprint density at radius 3 is 2.10 bits per heavy atom. The van der Waals surface area contributed by atoms with E-state index in [0.717, 1.165) is 32.1 Å². The van der Waals surface area contributed by atoms with Gasteiger partial charge in [-0.05, 0) is 17.8 Å². The van der Waals surface area contributed by atoms with E-state index in [1.807, 2.05) is 0 Å². The van der Waals surface area contributed by atoms with Gasteiger partial charge in [-0.2, -0.15) is 0 Å². The van der Waals surface area contributed by atoms with Crippen LogP contribution in [-0.4, -0.2) is 23.5 Å². The Morgan fingerprint density at radius 2 is 1.55 bits per heavy atom. The van der Waals surface area contributed by atoms with Crippen LogP contribution in [0.25, 0.3) is 0 Å². The molecule has 0 N–H and O–H groups in total. The van der Waals surface area contributed by atoms with E-state index < -0.39 is 0 Å². The average Bonchev–Trinajstić information content (AvgIpc) is 2.46. The topological polar surface area (TPSA) is 0 Å². The van der Waals surface area contributed by atoms with Gasteiger partial charge in [-0.25, -0.2) is 0 Å². The summed E-state index contributed by atoms with van der Waals surface area (Å²) in [5.74, 6) is 1.85. The van der Waals surface area contributed by atoms with E-state index in [1.54, 1.807) is 0 Å². The van der Waals surface area contributed by atoms with Crippen LogP contribution in [0.4, 0.5) is 0 Å². The molecule has 4 atom stereocenters. The molecule has 0 heterocycles. The number of hydrogen-bond acceptors (Lipinski definition) is 0. The molecule has 20 heavy (non-hydrogen) atoms. The molecule has 0 nitrogen and oxygen atoms in total. The summed E-state index contributed by atoms with van der Waals surface area (Å²) in [6.07, 6.45) is 7.51. The zero-order valence-electron chi connectivity index (χ0n) is 13.9. The second-order valence-corrected chi connectivity index (χ2v) is 8.48. The minimum atomic E-state index is -0.282. The summed E-state index contributed by atoms with van der Waals surface area (Å²) >= 11 is 0. The van der Waals surface area contributed by atoms with Crippen molar-refractivity contribution in [2.24, 2.45) is 17.8 Å². The van der Waals surface area contributed by atoms with Crippen LogP contribution < -0.4 is 0 Å². The van der Waals surface area contributed by atoms with Crippen LogP contribution in [0.2, 0.25) is 15.9 Å². The molecule has 0 aromatic rings. The van der Waals surface area contributed by atoms with E-state index >= 15 is 0 Å². The molecule has 2 aliphatic carbocycles. The third kappa shape index (κ3) is 2.75. The predicted molar refractivity (Wildman–Crippen MR) is 90.8 cm³/mol. The van der Waals surface area contributed by atoms with E-state index in [4.69, 9.17) is 23.5 Å². The van der Waals surface area contributed by atoms with Gasteiger partial charge < -0.3 is 0 Å². The van der Waals surface area contributed by atoms with E-state index in [9.17, 15) is 0 Å². The second-order valence-electron chi connectivity index (χ2n) is 8.48. The lowest BCUT2D eigenvalue weighted by atomic mass is 9.31. The lowest BCUT2D eigenvalue weighted by Gasteiger charge is -2.59. The van der Waals surface area contributed by atoms with Gasteiger partial charge in [-0.3, -0.25) is 0 Å². The van der Waals surface area contributed by atoms with Gasteiger partial charge in [0.1, 0.15) is 0 Å². The first-order chi connectivity index (χ1) is 9.12. The van der Waals surface area contributed by atoms with Crippen LogP contribution in [0.3, 0.4) is 0 Å². The van der Waals surface area contributed by atoms with Gasteiger partial charge in [0, 0.05) is 0 Å². The molecular formula is C17H29B3. The van der Waals surface area contributed by atoms with Crippen LogP contribution in [0.15, 0.2) is 0 Å². The monoisotopic (exact) mass is 266 g/mol. The van der Waals surface area contributed by atoms with Crippen molar-refractivity contribution in [1.29, 1.82) is 0 Å². The molecule has 0 amide bonds. The summed E-state index contributed by atoms with van der Waals surface area (Å²) in [4.78, 5) is 0. The van der Waals surface area contributed by atoms with Gasteiger partial charge >= 0.3 is 0 Å². The highest BCUT2D eigenvalue weighted by Crippen LogP contribution is 2.71. The highest BCUT2D eigenvalue weighted by molar-refractivity contribution is 6.28. The molecule has 4 unspecified atom stereocenters. The molecule has 0 saturated heterocycles.